The average molecular weight is 276 g/mol. The minimum atomic E-state index is -1.36. The summed E-state index contributed by atoms with van der Waals surface area (Å²) in [6.07, 6.45) is 0. The molecule has 6 heteroatoms. The SMILES string of the molecule is CC(C)N(CCOc1nc(F)c(F)cc1F)C(C)C. The molecule has 1 aromatic heterocycles. The van der Waals surface area contributed by atoms with Crippen LogP contribution in [0.3, 0.4) is 0 Å². The van der Waals surface area contributed by atoms with Crippen LogP contribution in [-0.2, 0) is 0 Å². The molecule has 0 bridgehead atoms. The molecule has 108 valence electrons. The predicted molar refractivity (Wildman–Crippen MR) is 66.6 cm³/mol. The second kappa shape index (κ2) is 6.75. The Bertz CT molecular complexity index is 417. The molecule has 0 saturated carbocycles. The minimum Gasteiger partial charge on any atom is -0.474 e. The summed E-state index contributed by atoms with van der Waals surface area (Å²) < 4.78 is 43.9. The van der Waals surface area contributed by atoms with E-state index >= 15 is 0 Å². The van der Waals surface area contributed by atoms with E-state index in [1.807, 2.05) is 27.7 Å². The van der Waals surface area contributed by atoms with Crippen molar-refractivity contribution in [1.29, 1.82) is 0 Å². The molecule has 0 radical (unpaired) electrons. The van der Waals surface area contributed by atoms with Crippen LogP contribution in [0.15, 0.2) is 6.07 Å². The van der Waals surface area contributed by atoms with Gasteiger partial charge in [-0.2, -0.15) is 9.37 Å². The van der Waals surface area contributed by atoms with Gasteiger partial charge in [0.15, 0.2) is 11.6 Å². The van der Waals surface area contributed by atoms with Crippen LogP contribution < -0.4 is 4.74 Å². The fourth-order valence-electron chi connectivity index (χ4n) is 1.89. The molecule has 0 saturated heterocycles. The van der Waals surface area contributed by atoms with Crippen molar-refractivity contribution in [3.05, 3.63) is 23.6 Å². The van der Waals surface area contributed by atoms with Gasteiger partial charge in [-0.05, 0) is 27.7 Å². The van der Waals surface area contributed by atoms with Crippen LogP contribution in [0.1, 0.15) is 27.7 Å². The molecule has 0 atom stereocenters. The molecule has 0 aromatic carbocycles. The molecular weight excluding hydrogens is 257 g/mol. The van der Waals surface area contributed by atoms with Crippen molar-refractivity contribution in [2.75, 3.05) is 13.2 Å². The molecule has 1 heterocycles. The molecule has 1 aromatic rings. The highest BCUT2D eigenvalue weighted by molar-refractivity contribution is 5.15. The second-order valence-electron chi connectivity index (χ2n) is 4.82. The van der Waals surface area contributed by atoms with Crippen LogP contribution in [0, 0.1) is 17.6 Å². The molecule has 0 N–H and O–H groups in total. The third-order valence-electron chi connectivity index (χ3n) is 2.77. The summed E-state index contributed by atoms with van der Waals surface area (Å²) in [5.74, 6) is -4.19. The first kappa shape index (κ1) is 15.8. The first-order valence-electron chi connectivity index (χ1n) is 6.23. The number of aromatic nitrogens is 1. The van der Waals surface area contributed by atoms with Gasteiger partial charge < -0.3 is 4.74 Å². The Morgan fingerprint density at radius 1 is 1.11 bits per heavy atom. The van der Waals surface area contributed by atoms with Gasteiger partial charge in [0.05, 0.1) is 0 Å². The summed E-state index contributed by atoms with van der Waals surface area (Å²) in [6, 6.07) is 1.05. The Morgan fingerprint density at radius 2 is 1.68 bits per heavy atom. The van der Waals surface area contributed by atoms with Crippen molar-refractivity contribution >= 4 is 0 Å². The average Bonchev–Trinajstić information content (AvgIpc) is 2.29. The molecular formula is C13H19F3N2O. The van der Waals surface area contributed by atoms with Crippen LogP contribution in [0.4, 0.5) is 13.2 Å². The van der Waals surface area contributed by atoms with Gasteiger partial charge in [0.2, 0.25) is 0 Å². The van der Waals surface area contributed by atoms with Gasteiger partial charge in [-0.3, -0.25) is 4.90 Å². The van der Waals surface area contributed by atoms with E-state index in [0.717, 1.165) is 0 Å². The molecule has 19 heavy (non-hydrogen) atoms. The fourth-order valence-corrected chi connectivity index (χ4v) is 1.89. The van der Waals surface area contributed by atoms with Gasteiger partial charge in [-0.15, -0.1) is 0 Å². The van der Waals surface area contributed by atoms with E-state index in [0.29, 0.717) is 24.7 Å². The maximum atomic E-state index is 13.3. The summed E-state index contributed by atoms with van der Waals surface area (Å²) in [7, 11) is 0. The van der Waals surface area contributed by atoms with Crippen molar-refractivity contribution in [2.24, 2.45) is 0 Å². The smallest absolute Gasteiger partial charge is 0.253 e. The minimum absolute atomic E-state index is 0.158. The van der Waals surface area contributed by atoms with E-state index in [9.17, 15) is 13.2 Å². The van der Waals surface area contributed by atoms with E-state index < -0.39 is 23.5 Å². The van der Waals surface area contributed by atoms with Gasteiger partial charge in [0, 0.05) is 24.7 Å². The monoisotopic (exact) mass is 276 g/mol. The summed E-state index contributed by atoms with van der Waals surface area (Å²) in [4.78, 5) is 5.24. The number of hydrogen-bond acceptors (Lipinski definition) is 3. The molecule has 0 amide bonds. The fraction of sp³-hybridized carbons (Fsp3) is 0.615. The molecule has 1 rings (SSSR count). The van der Waals surface area contributed by atoms with Crippen LogP contribution in [0.5, 0.6) is 5.88 Å². The Hall–Kier alpha value is -1.30. The van der Waals surface area contributed by atoms with E-state index in [2.05, 4.69) is 9.88 Å². The largest absolute Gasteiger partial charge is 0.474 e. The number of ether oxygens (including phenoxy) is 1. The first-order chi connectivity index (χ1) is 8.82. The van der Waals surface area contributed by atoms with Crippen molar-refractivity contribution < 1.29 is 17.9 Å². The van der Waals surface area contributed by atoms with Crippen LogP contribution in [-0.4, -0.2) is 35.1 Å². The van der Waals surface area contributed by atoms with Crippen molar-refractivity contribution in [3.63, 3.8) is 0 Å². The highest BCUT2D eigenvalue weighted by Gasteiger charge is 2.15. The standard InChI is InChI=1S/C13H19F3N2O/c1-8(2)18(9(3)4)5-6-19-13-11(15)7-10(14)12(16)17-13/h7-9H,5-6H2,1-4H3. The van der Waals surface area contributed by atoms with Gasteiger partial charge >= 0.3 is 0 Å². The lowest BCUT2D eigenvalue weighted by Crippen LogP contribution is -2.39. The summed E-state index contributed by atoms with van der Waals surface area (Å²) >= 11 is 0. The summed E-state index contributed by atoms with van der Waals surface area (Å²) in [5, 5.41) is 0. The molecule has 0 spiro atoms. The summed E-state index contributed by atoms with van der Waals surface area (Å²) in [6.45, 7) is 8.86. The number of rotatable bonds is 6. The number of nitrogens with zero attached hydrogens (tertiary/aromatic N) is 2. The van der Waals surface area contributed by atoms with Gasteiger partial charge in [-0.1, -0.05) is 0 Å². The molecule has 0 aliphatic heterocycles. The van der Waals surface area contributed by atoms with Gasteiger partial charge in [0.1, 0.15) is 6.61 Å². The maximum absolute atomic E-state index is 13.3. The van der Waals surface area contributed by atoms with Crippen LogP contribution >= 0.6 is 0 Å². The number of pyridine rings is 1. The third kappa shape index (κ3) is 4.38. The highest BCUT2D eigenvalue weighted by atomic mass is 19.2. The molecule has 0 aliphatic rings. The van der Waals surface area contributed by atoms with Crippen molar-refractivity contribution in [1.82, 2.24) is 9.88 Å². The Balaban J connectivity index is 2.60. The second-order valence-corrected chi connectivity index (χ2v) is 4.82. The zero-order valence-electron chi connectivity index (χ0n) is 11.6. The molecule has 0 fully saturated rings. The highest BCUT2D eigenvalue weighted by Crippen LogP contribution is 2.16. The lowest BCUT2D eigenvalue weighted by molar-refractivity contribution is 0.137. The number of hydrogen-bond donors (Lipinski definition) is 0. The van der Waals surface area contributed by atoms with Crippen LogP contribution in [0.25, 0.3) is 0 Å². The van der Waals surface area contributed by atoms with E-state index in [4.69, 9.17) is 4.74 Å². The van der Waals surface area contributed by atoms with Gasteiger partial charge in [-0.25, -0.2) is 8.78 Å². The van der Waals surface area contributed by atoms with Crippen molar-refractivity contribution in [3.8, 4) is 5.88 Å². The normalized spacial score (nSPS) is 11.7. The lowest BCUT2D eigenvalue weighted by Gasteiger charge is -2.30. The zero-order valence-corrected chi connectivity index (χ0v) is 11.6. The number of halogens is 3. The predicted octanol–water partition coefficient (Wildman–Crippen LogP) is 3.00. The molecule has 0 aliphatic carbocycles. The van der Waals surface area contributed by atoms with E-state index in [1.54, 1.807) is 0 Å². The third-order valence-corrected chi connectivity index (χ3v) is 2.77. The Morgan fingerprint density at radius 3 is 2.21 bits per heavy atom. The van der Waals surface area contributed by atoms with E-state index in [1.165, 1.54) is 0 Å². The molecule has 0 unspecified atom stereocenters. The zero-order chi connectivity index (χ0) is 14.6. The Labute approximate surface area is 111 Å². The van der Waals surface area contributed by atoms with Crippen molar-refractivity contribution in [2.45, 2.75) is 39.8 Å². The Kier molecular flexibility index (Phi) is 5.60. The van der Waals surface area contributed by atoms with E-state index in [-0.39, 0.29) is 6.61 Å². The lowest BCUT2D eigenvalue weighted by atomic mass is 10.2. The molecule has 3 nitrogen and oxygen atoms in total. The maximum Gasteiger partial charge on any atom is 0.253 e. The first-order valence-corrected chi connectivity index (χ1v) is 6.23. The summed E-state index contributed by atoms with van der Waals surface area (Å²) in [5.41, 5.74) is 0. The van der Waals surface area contributed by atoms with Crippen LogP contribution in [0.2, 0.25) is 0 Å². The quantitative estimate of drug-likeness (QED) is 0.747. The topological polar surface area (TPSA) is 25.4 Å². The van der Waals surface area contributed by atoms with Gasteiger partial charge in [0.25, 0.3) is 11.8 Å².